The van der Waals surface area contributed by atoms with E-state index in [-0.39, 0.29) is 0 Å². The Labute approximate surface area is 340 Å². The lowest BCUT2D eigenvalue weighted by molar-refractivity contribution is 1.37. The van der Waals surface area contributed by atoms with E-state index in [1.54, 1.807) is 0 Å². The van der Waals surface area contributed by atoms with Gasteiger partial charge in [-0.3, -0.25) is 19.9 Å². The number of rotatable bonds is 6. The Morgan fingerprint density at radius 1 is 0.339 bits per heavy atom. The summed E-state index contributed by atoms with van der Waals surface area (Å²) in [5, 5.41) is 4.21. The number of fused-ring (bicyclic) bond motifs is 6. The lowest BCUT2D eigenvalue weighted by Crippen LogP contribution is -2.04. The molecule has 0 radical (unpaired) electrons. The van der Waals surface area contributed by atoms with Gasteiger partial charge in [0.25, 0.3) is 0 Å². The molecule has 10 aromatic rings. The molecule has 6 nitrogen and oxygen atoms in total. The summed E-state index contributed by atoms with van der Waals surface area (Å²) in [6, 6.07) is 56.5. The molecule has 5 heterocycles. The van der Waals surface area contributed by atoms with Crippen LogP contribution in [0.3, 0.4) is 0 Å². The molecule has 0 aliphatic carbocycles. The highest BCUT2D eigenvalue weighted by molar-refractivity contribution is 6.19. The molecule has 1 aliphatic heterocycles. The van der Waals surface area contributed by atoms with Gasteiger partial charge in [-0.05, 0) is 69.8 Å². The van der Waals surface area contributed by atoms with Crippen molar-refractivity contribution in [3.63, 3.8) is 0 Å². The van der Waals surface area contributed by atoms with Crippen LogP contribution in [0.1, 0.15) is 16.7 Å². The number of nitrogens with zero attached hydrogens (tertiary/aromatic N) is 6. The molecular formula is C53H32N6. The van der Waals surface area contributed by atoms with E-state index in [1.165, 1.54) is 0 Å². The van der Waals surface area contributed by atoms with Crippen LogP contribution in [0.25, 0.3) is 82.7 Å². The van der Waals surface area contributed by atoms with E-state index in [2.05, 4.69) is 161 Å². The smallest absolute Gasteiger partial charge is 0.161 e. The van der Waals surface area contributed by atoms with Crippen molar-refractivity contribution >= 4 is 60.9 Å². The second-order valence-corrected chi connectivity index (χ2v) is 14.5. The predicted octanol–water partition coefficient (Wildman–Crippen LogP) is 12.3. The molecule has 0 unspecified atom stereocenters. The van der Waals surface area contributed by atoms with Crippen LogP contribution >= 0.6 is 0 Å². The van der Waals surface area contributed by atoms with Gasteiger partial charge in [0, 0.05) is 69.1 Å². The van der Waals surface area contributed by atoms with Gasteiger partial charge in [0.1, 0.15) is 5.70 Å². The van der Waals surface area contributed by atoms with Crippen molar-refractivity contribution in [2.45, 2.75) is 0 Å². The first-order valence-corrected chi connectivity index (χ1v) is 19.5. The zero-order valence-electron chi connectivity index (χ0n) is 31.7. The average Bonchev–Trinajstić information content (AvgIpc) is 3.55. The summed E-state index contributed by atoms with van der Waals surface area (Å²) < 4.78 is 0. The summed E-state index contributed by atoms with van der Waals surface area (Å²) in [6.45, 7) is 0. The topological polar surface area (TPSA) is 76.3 Å². The fraction of sp³-hybridized carbons (Fsp3) is 0. The van der Waals surface area contributed by atoms with Crippen LogP contribution < -0.4 is 0 Å². The van der Waals surface area contributed by atoms with Crippen molar-refractivity contribution < 1.29 is 0 Å². The Balaban J connectivity index is 1.03. The highest BCUT2D eigenvalue weighted by atomic mass is 14.9. The highest BCUT2D eigenvalue weighted by Crippen LogP contribution is 2.34. The Hall–Kier alpha value is -8.18. The molecule has 0 bridgehead atoms. The van der Waals surface area contributed by atoms with E-state index < -0.39 is 0 Å². The zero-order valence-corrected chi connectivity index (χ0v) is 31.7. The summed E-state index contributed by atoms with van der Waals surface area (Å²) in [5.74, 6) is 0.602. The van der Waals surface area contributed by atoms with E-state index in [0.717, 1.165) is 99.4 Å². The first-order valence-electron chi connectivity index (χ1n) is 19.5. The molecular weight excluding hydrogens is 721 g/mol. The van der Waals surface area contributed by atoms with Crippen LogP contribution in [-0.4, -0.2) is 31.5 Å². The van der Waals surface area contributed by atoms with Gasteiger partial charge in [0.2, 0.25) is 0 Å². The van der Waals surface area contributed by atoms with Crippen LogP contribution in [0.15, 0.2) is 210 Å². The first kappa shape index (κ1) is 34.1. The Morgan fingerprint density at radius 3 is 1.51 bits per heavy atom. The molecule has 0 amide bonds. The first-order chi connectivity index (χ1) is 29.2. The van der Waals surface area contributed by atoms with E-state index in [1.807, 2.05) is 49.1 Å². The van der Waals surface area contributed by atoms with Crippen LogP contribution in [0, 0.1) is 0 Å². The van der Waals surface area contributed by atoms with Gasteiger partial charge in [0.15, 0.2) is 5.84 Å². The summed E-state index contributed by atoms with van der Waals surface area (Å²) >= 11 is 0. The third-order valence-electron chi connectivity index (χ3n) is 10.9. The molecule has 6 heteroatoms. The van der Waals surface area contributed by atoms with Crippen molar-refractivity contribution in [2.75, 3.05) is 0 Å². The lowest BCUT2D eigenvalue weighted by atomic mass is 9.97. The molecule has 0 N–H and O–H groups in total. The summed E-state index contributed by atoms with van der Waals surface area (Å²) in [6.07, 6.45) is 9.32. The normalized spacial score (nSPS) is 12.7. The molecule has 0 spiro atoms. The van der Waals surface area contributed by atoms with E-state index >= 15 is 0 Å². The van der Waals surface area contributed by atoms with Gasteiger partial charge < -0.3 is 0 Å². The van der Waals surface area contributed by atoms with Crippen LogP contribution in [0.2, 0.25) is 0 Å². The maximum atomic E-state index is 5.27. The quantitative estimate of drug-likeness (QED) is 0.125. The number of hydrogen-bond donors (Lipinski definition) is 0. The molecule has 59 heavy (non-hydrogen) atoms. The monoisotopic (exact) mass is 752 g/mol. The molecule has 0 atom stereocenters. The zero-order chi connectivity index (χ0) is 39.1. The van der Waals surface area contributed by atoms with Gasteiger partial charge in [-0.2, -0.15) is 0 Å². The molecule has 0 saturated heterocycles. The second kappa shape index (κ2) is 14.4. The van der Waals surface area contributed by atoms with E-state index in [4.69, 9.17) is 20.0 Å². The van der Waals surface area contributed by atoms with Crippen LogP contribution in [-0.2, 0) is 0 Å². The van der Waals surface area contributed by atoms with Crippen molar-refractivity contribution in [1.82, 2.24) is 19.9 Å². The Morgan fingerprint density at radius 2 is 0.864 bits per heavy atom. The van der Waals surface area contributed by atoms with Crippen LogP contribution in [0.5, 0.6) is 0 Å². The number of benzene rings is 6. The SMILES string of the molecule is C1=CC(c2cccc(-c3ccnc4c3ccc3cccnc34)c2)=NC(c2ccc(-c3ccccc3)cc2)=NC=1c1cccc(-c2ccnc3c2ccc2cccnc23)c1. The average molecular weight is 753 g/mol. The standard InChI is InChI=1S/C53H32N6/c1-2-8-34(9-3-1)35-16-18-38(19-17-35)53-58-47(41-12-4-10-39(32-41)43-26-30-56-51-45(43)22-20-36-14-6-28-54-49(36)51)24-25-48(59-53)42-13-5-11-40(33-42)44-27-31-57-52-46(44)23-21-37-15-7-29-55-50(37)52/h1-24,26-33H. The van der Waals surface area contributed by atoms with Gasteiger partial charge >= 0.3 is 0 Å². The summed E-state index contributed by atoms with van der Waals surface area (Å²) in [4.78, 5) is 29.4. The van der Waals surface area contributed by atoms with Gasteiger partial charge in [0.05, 0.1) is 27.8 Å². The number of pyridine rings is 4. The highest BCUT2D eigenvalue weighted by Gasteiger charge is 2.16. The Bertz CT molecular complexity index is 3410. The molecule has 4 aromatic heterocycles. The summed E-state index contributed by atoms with van der Waals surface area (Å²) in [5.41, 5.74) is 17.9. The molecule has 1 aliphatic rings. The minimum absolute atomic E-state index is 0.602. The fourth-order valence-electron chi connectivity index (χ4n) is 8.00. The third-order valence-corrected chi connectivity index (χ3v) is 10.9. The van der Waals surface area contributed by atoms with Gasteiger partial charge in [-0.15, -0.1) is 0 Å². The number of aromatic nitrogens is 4. The summed E-state index contributed by atoms with van der Waals surface area (Å²) in [7, 11) is 0. The number of aliphatic imine (C=N–C) groups is 2. The minimum Gasteiger partial charge on any atom is -0.254 e. The van der Waals surface area contributed by atoms with Gasteiger partial charge in [-0.25, -0.2) is 9.98 Å². The van der Waals surface area contributed by atoms with Crippen molar-refractivity contribution in [2.24, 2.45) is 9.98 Å². The Kier molecular flexibility index (Phi) is 8.32. The van der Waals surface area contributed by atoms with E-state index in [9.17, 15) is 0 Å². The number of hydrogen-bond acceptors (Lipinski definition) is 6. The van der Waals surface area contributed by atoms with Crippen molar-refractivity contribution in [3.8, 4) is 33.4 Å². The molecule has 0 fully saturated rings. The maximum absolute atomic E-state index is 5.27. The van der Waals surface area contributed by atoms with Crippen molar-refractivity contribution in [1.29, 1.82) is 0 Å². The molecule has 0 saturated carbocycles. The molecule has 6 aromatic carbocycles. The van der Waals surface area contributed by atoms with E-state index in [0.29, 0.717) is 11.5 Å². The number of amidine groups is 1. The van der Waals surface area contributed by atoms with Gasteiger partial charge in [-0.1, -0.05) is 133 Å². The fourth-order valence-corrected chi connectivity index (χ4v) is 8.00. The molecule has 11 rings (SSSR count). The maximum Gasteiger partial charge on any atom is 0.161 e. The second-order valence-electron chi connectivity index (χ2n) is 14.5. The van der Waals surface area contributed by atoms with Crippen LogP contribution in [0.4, 0.5) is 0 Å². The third kappa shape index (κ3) is 6.27. The van der Waals surface area contributed by atoms with Crippen molar-refractivity contribution in [3.05, 3.63) is 217 Å². The predicted molar refractivity (Wildman–Crippen MR) is 241 cm³/mol. The largest absolute Gasteiger partial charge is 0.254 e. The molecule has 274 valence electrons. The number of allylic oxidation sites excluding steroid dienone is 1. The lowest BCUT2D eigenvalue weighted by Gasteiger charge is -2.11. The minimum atomic E-state index is 0.602.